The van der Waals surface area contributed by atoms with E-state index in [9.17, 15) is 33.6 Å². The van der Waals surface area contributed by atoms with Crippen LogP contribution in [0.3, 0.4) is 0 Å². The summed E-state index contributed by atoms with van der Waals surface area (Å²) in [5.41, 5.74) is 5.73. The monoisotopic (exact) mass is 1140 g/mol. The maximum atomic E-state index is 14.1. The second kappa shape index (κ2) is 25.3. The molecular weight excluding hydrogens is 1070 g/mol. The van der Waals surface area contributed by atoms with Crippen LogP contribution in [-0.2, 0) is 24.0 Å². The number of carbonyl (C=O) groups excluding carboxylic acids is 7. The van der Waals surface area contributed by atoms with Gasteiger partial charge in [0.15, 0.2) is 28.8 Å². The molecule has 4 aromatic rings. The normalized spacial score (nSPS) is 18.2. The summed E-state index contributed by atoms with van der Waals surface area (Å²) in [4.78, 5) is 107. The van der Waals surface area contributed by atoms with Gasteiger partial charge in [0, 0.05) is 68.5 Å². The van der Waals surface area contributed by atoms with Gasteiger partial charge in [-0.2, -0.15) is 5.26 Å². The SMILES string of the molecule is COc1cc2c(cc1OCCCOc1cc3c(cc1OC)C(=O)N1C=C(C4CC4)C[C@@H]1C=N3)N=C[C@H]1CC(c3ccc(NC(=O)C(C)NC(=O)C(NC(=O)CCCCCN4C(=O)C=C(Oc5ccc(C#N)cc5)C4=O)C(C)C)cc3)=CN1C2=O. The van der Waals surface area contributed by atoms with E-state index in [1.54, 1.807) is 85.3 Å². The Labute approximate surface area is 486 Å². The Morgan fingerprint density at radius 3 is 1.92 bits per heavy atom. The number of methoxy groups -OCH3 is 2. The molecule has 1 fully saturated rings. The van der Waals surface area contributed by atoms with Crippen LogP contribution in [-0.4, -0.2) is 127 Å². The molecule has 0 spiro atoms. The molecule has 21 heteroatoms. The number of unbranched alkanes of at least 4 members (excludes halogenated alkanes) is 2. The van der Waals surface area contributed by atoms with Crippen LogP contribution in [0.1, 0.15) is 110 Å². The van der Waals surface area contributed by atoms with Gasteiger partial charge in [-0.25, -0.2) is 0 Å². The molecule has 1 saturated carbocycles. The van der Waals surface area contributed by atoms with Crippen LogP contribution < -0.4 is 39.6 Å². The summed E-state index contributed by atoms with van der Waals surface area (Å²) in [5, 5.41) is 17.3. The predicted molar refractivity (Wildman–Crippen MR) is 310 cm³/mol. The predicted octanol–water partition coefficient (Wildman–Crippen LogP) is 8.10. The summed E-state index contributed by atoms with van der Waals surface area (Å²) in [7, 11) is 3.04. The molecule has 1 aliphatic carbocycles. The van der Waals surface area contributed by atoms with Crippen molar-refractivity contribution >= 4 is 76.4 Å². The molecule has 0 radical (unpaired) electrons. The number of rotatable bonds is 24. The molecule has 4 atom stereocenters. The van der Waals surface area contributed by atoms with Crippen LogP contribution >= 0.6 is 0 Å². The minimum Gasteiger partial charge on any atom is -0.493 e. The highest BCUT2D eigenvalue weighted by Crippen LogP contribution is 2.45. The van der Waals surface area contributed by atoms with Crippen LogP contribution in [0.15, 0.2) is 113 Å². The lowest BCUT2D eigenvalue weighted by Crippen LogP contribution is -2.53. The highest BCUT2D eigenvalue weighted by Gasteiger charge is 2.39. The smallest absolute Gasteiger partial charge is 0.296 e. The third-order valence-electron chi connectivity index (χ3n) is 15.4. The van der Waals surface area contributed by atoms with Crippen molar-refractivity contribution in [1.82, 2.24) is 25.3 Å². The summed E-state index contributed by atoms with van der Waals surface area (Å²) in [6, 6.07) is 19.8. The minimum absolute atomic E-state index is 0.0969. The average molecular weight is 1140 g/mol. The number of nitrogens with one attached hydrogen (secondary N) is 3. The lowest BCUT2D eigenvalue weighted by atomic mass is 10.0. The Morgan fingerprint density at radius 2 is 1.32 bits per heavy atom. The number of aliphatic imine (C=N–C) groups is 2. The van der Waals surface area contributed by atoms with E-state index in [1.807, 2.05) is 36.8 Å². The second-order valence-electron chi connectivity index (χ2n) is 21.7. The molecule has 10 rings (SSSR count). The largest absolute Gasteiger partial charge is 0.493 e. The number of benzene rings is 4. The topological polar surface area (TPSA) is 260 Å². The Balaban J connectivity index is 0.657. The van der Waals surface area contributed by atoms with E-state index < -0.39 is 35.7 Å². The summed E-state index contributed by atoms with van der Waals surface area (Å²) in [5.74, 6) is -0.604. The summed E-state index contributed by atoms with van der Waals surface area (Å²) < 4.78 is 29.2. The number of hydrogen-bond donors (Lipinski definition) is 3. The highest BCUT2D eigenvalue weighted by atomic mass is 16.5. The van der Waals surface area contributed by atoms with Crippen molar-refractivity contribution in [2.24, 2.45) is 21.8 Å². The fourth-order valence-corrected chi connectivity index (χ4v) is 10.5. The van der Waals surface area contributed by atoms with Gasteiger partial charge in [-0.05, 0) is 116 Å². The molecule has 0 saturated heterocycles. The lowest BCUT2D eigenvalue weighted by Gasteiger charge is -2.24. The number of ether oxygens (including phenoxy) is 5. The maximum Gasteiger partial charge on any atom is 0.296 e. The zero-order valence-electron chi connectivity index (χ0n) is 47.3. The lowest BCUT2D eigenvalue weighted by molar-refractivity contribution is -0.138. The Bertz CT molecular complexity index is 3490. The molecule has 84 heavy (non-hydrogen) atoms. The fraction of sp³-hybridized carbons (Fsp3) is 0.365. The first-order valence-electron chi connectivity index (χ1n) is 28.2. The standard InChI is InChI=1S/C63H65N9O12/c1-36(2)58(69-56(73)10-7-6-8-21-70-57(74)30-55(63(70)79)84-46-19-11-38(31-64)12-20-46)60(76)67-37(3)59(75)68-43-17-15-40(16-18-43)42-25-45-33-66-50-29-54(52(81-5)27-48(50)62(78)72(45)35-42)83-23-9-22-82-53-28-49-47(26-51(53)80-4)61(77)71-34-41(39-13-14-39)24-44(71)32-65-49/h11-12,15-20,26-30,32-37,39,44-45,58H,6-10,13-14,21-25H2,1-5H3,(H,67,76)(H,68,75)(H,69,73)/t37?,44-,45-,58?/m1/s1. The van der Waals surface area contributed by atoms with E-state index in [2.05, 4.69) is 16.0 Å². The van der Waals surface area contributed by atoms with Gasteiger partial charge < -0.3 is 49.4 Å². The molecule has 7 amide bonds. The summed E-state index contributed by atoms with van der Waals surface area (Å²) >= 11 is 0. The number of nitrogens with zero attached hydrogens (tertiary/aromatic N) is 6. The van der Waals surface area contributed by atoms with Gasteiger partial charge in [0.25, 0.3) is 23.6 Å². The zero-order chi connectivity index (χ0) is 59.2. The van der Waals surface area contributed by atoms with Crippen molar-refractivity contribution in [3.05, 3.63) is 125 Å². The van der Waals surface area contributed by atoms with E-state index in [1.165, 1.54) is 44.8 Å². The van der Waals surface area contributed by atoms with Crippen molar-refractivity contribution in [2.45, 2.75) is 103 Å². The first-order valence-corrected chi connectivity index (χ1v) is 28.2. The molecule has 3 N–H and O–H groups in total. The Kier molecular flexibility index (Phi) is 17.3. The zero-order valence-corrected chi connectivity index (χ0v) is 47.3. The van der Waals surface area contributed by atoms with Crippen LogP contribution in [0.2, 0.25) is 0 Å². The number of fused-ring (bicyclic) bond motifs is 4. The summed E-state index contributed by atoms with van der Waals surface area (Å²) in [6.07, 6.45) is 14.2. The molecule has 0 bridgehead atoms. The molecule has 5 heterocycles. The molecular formula is C63H65N9O12. The van der Waals surface area contributed by atoms with Gasteiger partial charge in [-0.3, -0.25) is 48.4 Å². The number of nitriles is 1. The number of amides is 7. The minimum atomic E-state index is -0.952. The molecule has 21 nitrogen and oxygen atoms in total. The maximum absolute atomic E-state index is 14.1. The Morgan fingerprint density at radius 1 is 0.702 bits per heavy atom. The molecule has 6 aliphatic rings. The van der Waals surface area contributed by atoms with Crippen LogP contribution in [0.4, 0.5) is 17.1 Å². The van der Waals surface area contributed by atoms with Crippen LogP contribution in [0.25, 0.3) is 5.57 Å². The Hall–Kier alpha value is -9.58. The first kappa shape index (κ1) is 57.6. The molecule has 4 aromatic carbocycles. The van der Waals surface area contributed by atoms with Gasteiger partial charge in [-0.15, -0.1) is 0 Å². The third kappa shape index (κ3) is 12.9. The van der Waals surface area contributed by atoms with Crippen molar-refractivity contribution in [3.8, 4) is 34.8 Å². The van der Waals surface area contributed by atoms with Gasteiger partial charge in [0.1, 0.15) is 17.8 Å². The molecule has 434 valence electrons. The van der Waals surface area contributed by atoms with Crippen molar-refractivity contribution in [1.29, 1.82) is 5.26 Å². The quantitative estimate of drug-likeness (QED) is 0.0443. The third-order valence-corrected chi connectivity index (χ3v) is 15.4. The number of anilines is 1. The van der Waals surface area contributed by atoms with Gasteiger partial charge >= 0.3 is 0 Å². The summed E-state index contributed by atoms with van der Waals surface area (Å²) in [6.45, 7) is 5.79. The molecule has 0 aromatic heterocycles. The second-order valence-corrected chi connectivity index (χ2v) is 21.7. The van der Waals surface area contributed by atoms with Crippen LogP contribution in [0.5, 0.6) is 28.7 Å². The van der Waals surface area contributed by atoms with E-state index in [-0.39, 0.29) is 67.7 Å². The molecule has 5 aliphatic heterocycles. The van der Waals surface area contributed by atoms with Crippen molar-refractivity contribution in [2.75, 3.05) is 39.3 Å². The van der Waals surface area contributed by atoms with E-state index in [4.69, 9.17) is 38.9 Å². The van der Waals surface area contributed by atoms with Gasteiger partial charge in [0.05, 0.1) is 79.7 Å². The number of imide groups is 1. The van der Waals surface area contributed by atoms with Crippen molar-refractivity contribution < 1.29 is 57.2 Å². The van der Waals surface area contributed by atoms with Gasteiger partial charge in [0.2, 0.25) is 17.7 Å². The fourth-order valence-electron chi connectivity index (χ4n) is 10.5. The first-order chi connectivity index (χ1) is 40.6. The van der Waals surface area contributed by atoms with E-state index >= 15 is 0 Å². The number of carbonyl (C=O) groups is 7. The van der Waals surface area contributed by atoms with Crippen LogP contribution in [0, 0.1) is 23.2 Å². The van der Waals surface area contributed by atoms with Crippen molar-refractivity contribution in [3.63, 3.8) is 0 Å². The van der Waals surface area contributed by atoms with Gasteiger partial charge in [-0.1, -0.05) is 32.4 Å². The average Bonchev–Trinajstić information content (AvgIpc) is 3.75. The number of hydrogen-bond acceptors (Lipinski definition) is 15. The molecule has 2 unspecified atom stereocenters. The highest BCUT2D eigenvalue weighted by molar-refractivity contribution is 6.15. The van der Waals surface area contributed by atoms with E-state index in [0.717, 1.165) is 28.5 Å². The van der Waals surface area contributed by atoms with E-state index in [0.29, 0.717) is 101 Å².